The van der Waals surface area contributed by atoms with E-state index in [0.29, 0.717) is 6.04 Å². The van der Waals surface area contributed by atoms with E-state index in [-0.39, 0.29) is 17.0 Å². The predicted octanol–water partition coefficient (Wildman–Crippen LogP) is 2.78. The number of aliphatic hydroxyl groups is 1. The minimum Gasteiger partial charge on any atom is -1.00 e. The summed E-state index contributed by atoms with van der Waals surface area (Å²) in [6.45, 7) is 10.3. The summed E-state index contributed by atoms with van der Waals surface area (Å²) in [6, 6.07) is 0.392. The fourth-order valence-corrected chi connectivity index (χ4v) is 4.76. The summed E-state index contributed by atoms with van der Waals surface area (Å²) < 4.78 is 0.992. The molecular weight excluding hydrogens is 374 g/mol. The molecule has 1 rings (SSSR count). The first-order chi connectivity index (χ1) is 11.2. The second kappa shape index (κ2) is 12.0. The number of likely N-dealkylation sites (N-methyl/N-ethyl adjacent to an activating group) is 1. The van der Waals surface area contributed by atoms with Crippen molar-refractivity contribution in [1.82, 2.24) is 0 Å². The Morgan fingerprint density at radius 3 is 2.04 bits per heavy atom. The van der Waals surface area contributed by atoms with Crippen molar-refractivity contribution in [3.8, 4) is 0 Å². The summed E-state index contributed by atoms with van der Waals surface area (Å²) in [5, 5.41) is 11.0. The fourth-order valence-electron chi connectivity index (χ4n) is 4.76. The molecule has 1 saturated carbocycles. The van der Waals surface area contributed by atoms with Crippen LogP contribution in [0.1, 0.15) is 98.3 Å². The van der Waals surface area contributed by atoms with E-state index in [9.17, 15) is 5.11 Å². The average molecular weight is 421 g/mol. The van der Waals surface area contributed by atoms with Gasteiger partial charge in [0.15, 0.2) is 0 Å². The van der Waals surface area contributed by atoms with E-state index >= 15 is 0 Å². The van der Waals surface area contributed by atoms with Gasteiger partial charge in [0.25, 0.3) is 0 Å². The number of unbranched alkanes of at least 4 members (excludes halogenated alkanes) is 7. The Labute approximate surface area is 169 Å². The van der Waals surface area contributed by atoms with Crippen molar-refractivity contribution in [3.05, 3.63) is 0 Å². The SMILES string of the molecule is CCCCCCCCCC[N+](C)(C)C1CC(C(C)C)CCC1(C)O.[Br-]. The molecule has 1 aliphatic carbocycles. The van der Waals surface area contributed by atoms with Crippen molar-refractivity contribution in [2.75, 3.05) is 20.6 Å². The Balaban J connectivity index is 0.00000576. The molecule has 0 aromatic rings. The third-order valence-corrected chi connectivity index (χ3v) is 6.64. The maximum absolute atomic E-state index is 11.0. The van der Waals surface area contributed by atoms with Gasteiger partial charge in [-0.15, -0.1) is 0 Å². The van der Waals surface area contributed by atoms with E-state index < -0.39 is 5.60 Å². The molecular formula is C22H46BrNO. The summed E-state index contributed by atoms with van der Waals surface area (Å²) in [5.41, 5.74) is -0.491. The molecule has 1 fully saturated rings. The van der Waals surface area contributed by atoms with Crippen LogP contribution in [0.4, 0.5) is 0 Å². The highest BCUT2D eigenvalue weighted by molar-refractivity contribution is 4.91. The van der Waals surface area contributed by atoms with Crippen LogP contribution in [0.5, 0.6) is 0 Å². The Hall–Kier alpha value is 0.400. The van der Waals surface area contributed by atoms with Crippen LogP contribution in [-0.4, -0.2) is 41.9 Å². The summed E-state index contributed by atoms with van der Waals surface area (Å²) in [4.78, 5) is 0. The van der Waals surface area contributed by atoms with Gasteiger partial charge >= 0.3 is 0 Å². The molecule has 3 unspecified atom stereocenters. The molecule has 2 nitrogen and oxygen atoms in total. The quantitative estimate of drug-likeness (QED) is 0.403. The van der Waals surface area contributed by atoms with Crippen LogP contribution in [0, 0.1) is 11.8 Å². The highest BCUT2D eigenvalue weighted by Crippen LogP contribution is 2.40. The molecule has 0 aliphatic heterocycles. The van der Waals surface area contributed by atoms with Crippen molar-refractivity contribution in [1.29, 1.82) is 0 Å². The van der Waals surface area contributed by atoms with Gasteiger partial charge in [0.1, 0.15) is 11.6 Å². The van der Waals surface area contributed by atoms with Crippen molar-refractivity contribution in [2.45, 2.75) is 110 Å². The molecule has 0 radical (unpaired) electrons. The van der Waals surface area contributed by atoms with Crippen molar-refractivity contribution >= 4 is 0 Å². The maximum Gasteiger partial charge on any atom is 0.118 e. The molecule has 0 saturated heterocycles. The third kappa shape index (κ3) is 8.75. The van der Waals surface area contributed by atoms with Crippen LogP contribution in [-0.2, 0) is 0 Å². The first kappa shape index (κ1) is 25.4. The molecule has 25 heavy (non-hydrogen) atoms. The number of hydrogen-bond donors (Lipinski definition) is 1. The highest BCUT2D eigenvalue weighted by Gasteiger charge is 2.47. The predicted molar refractivity (Wildman–Crippen MR) is 106 cm³/mol. The minimum atomic E-state index is -0.491. The standard InChI is InChI=1S/C22H46NO.BrH/c1-7-8-9-10-11-12-13-14-17-23(5,6)21-18-20(19(2)3)15-16-22(21,4)24;/h19-21,24H,7-18H2,1-6H3;1H/q+1;/p-1. The van der Waals surface area contributed by atoms with Gasteiger partial charge in [-0.1, -0.05) is 59.3 Å². The molecule has 0 bridgehead atoms. The van der Waals surface area contributed by atoms with E-state index in [0.717, 1.165) is 22.7 Å². The molecule has 0 aromatic heterocycles. The Morgan fingerprint density at radius 1 is 1.00 bits per heavy atom. The van der Waals surface area contributed by atoms with Crippen molar-refractivity contribution in [3.63, 3.8) is 0 Å². The number of halogens is 1. The van der Waals surface area contributed by atoms with Crippen LogP contribution >= 0.6 is 0 Å². The van der Waals surface area contributed by atoms with E-state index in [1.165, 1.54) is 70.8 Å². The fraction of sp³-hybridized carbons (Fsp3) is 1.00. The molecule has 0 aromatic carbocycles. The molecule has 152 valence electrons. The van der Waals surface area contributed by atoms with Gasteiger partial charge in [-0.05, 0) is 44.4 Å². The van der Waals surface area contributed by atoms with Gasteiger partial charge in [-0.2, -0.15) is 0 Å². The van der Waals surface area contributed by atoms with Gasteiger partial charge in [-0.3, -0.25) is 0 Å². The lowest BCUT2D eigenvalue weighted by atomic mass is 9.71. The van der Waals surface area contributed by atoms with E-state index in [4.69, 9.17) is 0 Å². The van der Waals surface area contributed by atoms with Gasteiger partial charge < -0.3 is 26.6 Å². The average Bonchev–Trinajstić information content (AvgIpc) is 2.49. The molecule has 3 atom stereocenters. The lowest BCUT2D eigenvalue weighted by Crippen LogP contribution is -3.00. The summed E-state index contributed by atoms with van der Waals surface area (Å²) in [6.07, 6.45) is 14.4. The lowest BCUT2D eigenvalue weighted by Gasteiger charge is -2.50. The molecule has 3 heteroatoms. The van der Waals surface area contributed by atoms with E-state index in [1.54, 1.807) is 0 Å². The number of nitrogens with zero attached hydrogens (tertiary/aromatic N) is 1. The monoisotopic (exact) mass is 419 g/mol. The van der Waals surface area contributed by atoms with Crippen LogP contribution in [0.25, 0.3) is 0 Å². The highest BCUT2D eigenvalue weighted by atomic mass is 79.9. The summed E-state index contributed by atoms with van der Waals surface area (Å²) >= 11 is 0. The topological polar surface area (TPSA) is 20.2 Å². The lowest BCUT2D eigenvalue weighted by molar-refractivity contribution is -0.924. The number of quaternary nitrogens is 1. The maximum atomic E-state index is 11.0. The summed E-state index contributed by atoms with van der Waals surface area (Å²) in [5.74, 6) is 1.53. The first-order valence-electron chi connectivity index (χ1n) is 10.8. The zero-order chi connectivity index (χ0) is 18.2. The van der Waals surface area contributed by atoms with Crippen molar-refractivity contribution < 1.29 is 26.6 Å². The van der Waals surface area contributed by atoms with Gasteiger partial charge in [0.05, 0.1) is 20.6 Å². The van der Waals surface area contributed by atoms with Gasteiger partial charge in [0.2, 0.25) is 0 Å². The van der Waals surface area contributed by atoms with Crippen molar-refractivity contribution in [2.24, 2.45) is 11.8 Å². The number of rotatable bonds is 11. The third-order valence-electron chi connectivity index (χ3n) is 6.64. The van der Waals surface area contributed by atoms with E-state index in [1.807, 2.05) is 0 Å². The zero-order valence-corrected chi connectivity index (χ0v) is 19.6. The smallest absolute Gasteiger partial charge is 0.118 e. The second-order valence-corrected chi connectivity index (χ2v) is 9.63. The number of hydrogen-bond acceptors (Lipinski definition) is 1. The first-order valence-corrected chi connectivity index (χ1v) is 10.8. The molecule has 1 N–H and O–H groups in total. The van der Waals surface area contributed by atoms with Gasteiger partial charge in [-0.25, -0.2) is 0 Å². The Kier molecular flexibility index (Phi) is 12.2. The van der Waals surface area contributed by atoms with E-state index in [2.05, 4.69) is 41.8 Å². The molecule has 0 amide bonds. The molecule has 0 spiro atoms. The minimum absolute atomic E-state index is 0. The Morgan fingerprint density at radius 2 is 1.52 bits per heavy atom. The Bertz CT molecular complexity index is 341. The largest absolute Gasteiger partial charge is 1.00 e. The molecule has 0 heterocycles. The van der Waals surface area contributed by atoms with Crippen LogP contribution in [0.3, 0.4) is 0 Å². The summed E-state index contributed by atoms with van der Waals surface area (Å²) in [7, 11) is 4.70. The second-order valence-electron chi connectivity index (χ2n) is 9.63. The van der Waals surface area contributed by atoms with Gasteiger partial charge in [0, 0.05) is 6.42 Å². The normalized spacial score (nSPS) is 27.4. The zero-order valence-electron chi connectivity index (χ0n) is 18.0. The molecule has 1 aliphatic rings. The van der Waals surface area contributed by atoms with Crippen LogP contribution in [0.2, 0.25) is 0 Å². The van der Waals surface area contributed by atoms with Crippen LogP contribution < -0.4 is 17.0 Å². The van der Waals surface area contributed by atoms with Crippen LogP contribution in [0.15, 0.2) is 0 Å².